The number of amides is 1. The summed E-state index contributed by atoms with van der Waals surface area (Å²) < 4.78 is 1.26. The molecule has 0 radical (unpaired) electrons. The van der Waals surface area contributed by atoms with E-state index in [2.05, 4.69) is 33.4 Å². The Morgan fingerprint density at radius 3 is 2.78 bits per heavy atom. The van der Waals surface area contributed by atoms with E-state index in [-0.39, 0.29) is 0 Å². The normalized spacial score (nSPS) is 23.6. The number of aromatic nitrogens is 1. The smallest absolute Gasteiger partial charge is 0.222 e. The van der Waals surface area contributed by atoms with Crippen molar-refractivity contribution >= 4 is 27.5 Å². The van der Waals surface area contributed by atoms with E-state index in [0.29, 0.717) is 24.2 Å². The zero-order valence-corrected chi connectivity index (χ0v) is 14.1. The second kappa shape index (κ2) is 6.57. The van der Waals surface area contributed by atoms with Gasteiger partial charge < -0.3 is 10.2 Å². The molecule has 2 aromatic rings. The van der Waals surface area contributed by atoms with Crippen molar-refractivity contribution in [1.82, 2.24) is 15.2 Å². The van der Waals surface area contributed by atoms with Gasteiger partial charge in [0.2, 0.25) is 5.91 Å². The molecule has 2 aliphatic rings. The van der Waals surface area contributed by atoms with E-state index < -0.39 is 0 Å². The third-order valence-electron chi connectivity index (χ3n) is 5.11. The molecule has 1 aromatic heterocycles. The number of nitrogens with zero attached hydrogens (tertiary/aromatic N) is 2. The minimum atomic E-state index is 0.351. The van der Waals surface area contributed by atoms with Crippen LogP contribution in [0, 0.1) is 11.8 Å². The van der Waals surface area contributed by atoms with Crippen LogP contribution >= 0.6 is 11.3 Å². The molecule has 0 aliphatic carbocycles. The maximum absolute atomic E-state index is 12.3. The van der Waals surface area contributed by atoms with E-state index in [0.717, 1.165) is 51.0 Å². The Bertz CT molecular complexity index is 653. The number of para-hydroxylation sites is 1. The molecular formula is C18H23N3OS. The largest absolute Gasteiger partial charge is 0.342 e. The fourth-order valence-electron chi connectivity index (χ4n) is 3.80. The Hall–Kier alpha value is -1.46. The average Bonchev–Trinajstić information content (AvgIpc) is 3.24. The second-order valence-electron chi connectivity index (χ2n) is 6.76. The van der Waals surface area contributed by atoms with Gasteiger partial charge in [0.1, 0.15) is 0 Å². The molecule has 1 aromatic carbocycles. The molecule has 0 saturated carbocycles. The van der Waals surface area contributed by atoms with Gasteiger partial charge in [0.05, 0.1) is 15.2 Å². The molecule has 3 heterocycles. The third kappa shape index (κ3) is 3.26. The molecule has 2 aliphatic heterocycles. The number of nitrogens with one attached hydrogen (secondary N) is 1. The molecular weight excluding hydrogens is 306 g/mol. The molecule has 1 N–H and O–H groups in total. The predicted octanol–water partition coefficient (Wildman–Crippen LogP) is 2.69. The minimum Gasteiger partial charge on any atom is -0.342 e. The van der Waals surface area contributed by atoms with Crippen molar-refractivity contribution in [1.29, 1.82) is 0 Å². The minimum absolute atomic E-state index is 0.351. The summed E-state index contributed by atoms with van der Waals surface area (Å²) in [6, 6.07) is 8.28. The lowest BCUT2D eigenvalue weighted by Gasteiger charge is -2.17. The molecule has 0 spiro atoms. The SMILES string of the molecule is O=C(CCCCc1nc2ccccc2s1)N1C[C@H]2CNC[C@H]2C1. The van der Waals surface area contributed by atoms with Crippen LogP contribution in [0.1, 0.15) is 24.3 Å². The highest BCUT2D eigenvalue weighted by Gasteiger charge is 2.37. The van der Waals surface area contributed by atoms with Gasteiger partial charge in [-0.25, -0.2) is 4.98 Å². The number of likely N-dealkylation sites (tertiary alicyclic amines) is 1. The van der Waals surface area contributed by atoms with Gasteiger partial charge in [-0.1, -0.05) is 12.1 Å². The van der Waals surface area contributed by atoms with Crippen LogP contribution in [-0.2, 0) is 11.2 Å². The predicted molar refractivity (Wildman–Crippen MR) is 93.6 cm³/mol. The molecule has 1 amide bonds. The lowest BCUT2D eigenvalue weighted by Crippen LogP contribution is -2.31. The van der Waals surface area contributed by atoms with E-state index >= 15 is 0 Å². The van der Waals surface area contributed by atoms with Crippen molar-refractivity contribution in [3.8, 4) is 0 Å². The number of benzene rings is 1. The van der Waals surface area contributed by atoms with Crippen molar-refractivity contribution in [2.75, 3.05) is 26.2 Å². The summed E-state index contributed by atoms with van der Waals surface area (Å²) >= 11 is 1.78. The zero-order valence-electron chi connectivity index (χ0n) is 13.3. The summed E-state index contributed by atoms with van der Waals surface area (Å²) in [6.45, 7) is 4.11. The number of carbonyl (C=O) groups excluding carboxylic acids is 1. The molecule has 4 rings (SSSR count). The topological polar surface area (TPSA) is 45.2 Å². The van der Waals surface area contributed by atoms with Crippen LogP contribution in [0.2, 0.25) is 0 Å². The molecule has 2 fully saturated rings. The maximum Gasteiger partial charge on any atom is 0.222 e. The van der Waals surface area contributed by atoms with E-state index in [1.807, 2.05) is 6.07 Å². The van der Waals surface area contributed by atoms with E-state index in [1.165, 1.54) is 9.71 Å². The van der Waals surface area contributed by atoms with Gasteiger partial charge in [-0.3, -0.25) is 4.79 Å². The Morgan fingerprint density at radius 1 is 1.22 bits per heavy atom. The Morgan fingerprint density at radius 2 is 2.00 bits per heavy atom. The summed E-state index contributed by atoms with van der Waals surface area (Å²) in [5, 5.41) is 4.62. The number of thiazole rings is 1. The van der Waals surface area contributed by atoms with Crippen molar-refractivity contribution in [3.05, 3.63) is 29.3 Å². The highest BCUT2D eigenvalue weighted by atomic mass is 32.1. The third-order valence-corrected chi connectivity index (χ3v) is 6.21. The van der Waals surface area contributed by atoms with Crippen molar-refractivity contribution < 1.29 is 4.79 Å². The highest BCUT2D eigenvalue weighted by molar-refractivity contribution is 7.18. The van der Waals surface area contributed by atoms with Gasteiger partial charge >= 0.3 is 0 Å². The van der Waals surface area contributed by atoms with Gasteiger partial charge in [0.25, 0.3) is 0 Å². The lowest BCUT2D eigenvalue weighted by molar-refractivity contribution is -0.130. The summed E-state index contributed by atoms with van der Waals surface area (Å²) in [4.78, 5) is 19.1. The molecule has 23 heavy (non-hydrogen) atoms. The van der Waals surface area contributed by atoms with Crippen LogP contribution in [-0.4, -0.2) is 42.0 Å². The van der Waals surface area contributed by atoms with E-state index in [1.54, 1.807) is 11.3 Å². The molecule has 5 heteroatoms. The van der Waals surface area contributed by atoms with Gasteiger partial charge in [-0.2, -0.15) is 0 Å². The zero-order chi connectivity index (χ0) is 15.6. The quantitative estimate of drug-likeness (QED) is 0.858. The number of unbranched alkanes of at least 4 members (excludes halogenated alkanes) is 1. The Kier molecular flexibility index (Phi) is 4.31. The number of rotatable bonds is 5. The highest BCUT2D eigenvalue weighted by Crippen LogP contribution is 2.27. The fourth-order valence-corrected chi connectivity index (χ4v) is 4.81. The van der Waals surface area contributed by atoms with Crippen molar-refractivity contribution in [2.24, 2.45) is 11.8 Å². The van der Waals surface area contributed by atoms with Crippen LogP contribution in [0.15, 0.2) is 24.3 Å². The Labute approximate surface area is 140 Å². The number of carbonyl (C=O) groups is 1. The number of hydrogen-bond acceptors (Lipinski definition) is 4. The van der Waals surface area contributed by atoms with Gasteiger partial charge in [0, 0.05) is 32.6 Å². The molecule has 4 nitrogen and oxygen atoms in total. The maximum atomic E-state index is 12.3. The molecule has 2 saturated heterocycles. The standard InChI is InChI=1S/C18H23N3OS/c22-18(21-11-13-9-19-10-14(13)12-21)8-4-3-7-17-20-15-5-1-2-6-16(15)23-17/h1-2,5-6,13-14,19H,3-4,7-12H2/t13-,14+. The van der Waals surface area contributed by atoms with Crippen LogP contribution in [0.4, 0.5) is 0 Å². The fraction of sp³-hybridized carbons (Fsp3) is 0.556. The number of hydrogen-bond donors (Lipinski definition) is 1. The van der Waals surface area contributed by atoms with Crippen LogP contribution in [0.25, 0.3) is 10.2 Å². The summed E-state index contributed by atoms with van der Waals surface area (Å²) in [5.74, 6) is 1.74. The van der Waals surface area contributed by atoms with Crippen LogP contribution in [0.5, 0.6) is 0 Å². The number of aryl methyl sites for hydroxylation is 1. The first-order valence-electron chi connectivity index (χ1n) is 8.62. The van der Waals surface area contributed by atoms with E-state index in [9.17, 15) is 4.79 Å². The van der Waals surface area contributed by atoms with Crippen LogP contribution in [0.3, 0.4) is 0 Å². The lowest BCUT2D eigenvalue weighted by atomic mass is 10.0. The van der Waals surface area contributed by atoms with Crippen molar-refractivity contribution in [2.45, 2.75) is 25.7 Å². The number of fused-ring (bicyclic) bond motifs is 2. The van der Waals surface area contributed by atoms with Crippen molar-refractivity contribution in [3.63, 3.8) is 0 Å². The molecule has 122 valence electrons. The summed E-state index contributed by atoms with van der Waals surface area (Å²) in [6.07, 6.45) is 3.70. The van der Waals surface area contributed by atoms with Gasteiger partial charge in [-0.05, 0) is 43.2 Å². The second-order valence-corrected chi connectivity index (χ2v) is 7.87. The van der Waals surface area contributed by atoms with E-state index in [4.69, 9.17) is 0 Å². The van der Waals surface area contributed by atoms with Gasteiger partial charge in [0.15, 0.2) is 0 Å². The monoisotopic (exact) mass is 329 g/mol. The first kappa shape index (κ1) is 15.1. The average molecular weight is 329 g/mol. The molecule has 0 bridgehead atoms. The first-order valence-corrected chi connectivity index (χ1v) is 9.44. The molecule has 0 unspecified atom stereocenters. The Balaban J connectivity index is 1.22. The van der Waals surface area contributed by atoms with Gasteiger partial charge in [-0.15, -0.1) is 11.3 Å². The first-order chi connectivity index (χ1) is 11.3. The van der Waals surface area contributed by atoms with Crippen LogP contribution < -0.4 is 5.32 Å². The summed E-state index contributed by atoms with van der Waals surface area (Å²) in [7, 11) is 0. The summed E-state index contributed by atoms with van der Waals surface area (Å²) in [5.41, 5.74) is 1.10. The molecule has 2 atom stereocenters.